The van der Waals surface area contributed by atoms with Crippen LogP contribution in [0.1, 0.15) is 46.0 Å². The van der Waals surface area contributed by atoms with Crippen LogP contribution in [-0.4, -0.2) is 82.6 Å². The summed E-state index contributed by atoms with van der Waals surface area (Å²) in [6.45, 7) is 3.82. The van der Waals surface area contributed by atoms with Crippen molar-refractivity contribution in [3.05, 3.63) is 12.2 Å². The highest BCUT2D eigenvalue weighted by atomic mass is 33.1. The normalized spacial score (nSPS) is 30.6. The van der Waals surface area contributed by atoms with Crippen LogP contribution in [-0.2, 0) is 23.9 Å². The molecule has 4 N–H and O–H groups in total. The lowest BCUT2D eigenvalue weighted by Crippen LogP contribution is -2.58. The Labute approximate surface area is 219 Å². The van der Waals surface area contributed by atoms with Gasteiger partial charge in [0.25, 0.3) is 0 Å². The first-order valence-electron chi connectivity index (χ1n) is 11.9. The molecule has 0 unspecified atom stereocenters. The van der Waals surface area contributed by atoms with Crippen molar-refractivity contribution in [2.24, 2.45) is 5.92 Å². The van der Waals surface area contributed by atoms with Gasteiger partial charge in [-0.2, -0.15) is 11.8 Å². The smallest absolute Gasteiger partial charge is 0.309 e. The van der Waals surface area contributed by atoms with Crippen LogP contribution in [0.2, 0.25) is 0 Å². The Kier molecular flexibility index (Phi) is 13.4. The maximum atomic E-state index is 13.3. The van der Waals surface area contributed by atoms with E-state index in [2.05, 4.69) is 16.0 Å². The summed E-state index contributed by atoms with van der Waals surface area (Å²) in [4.78, 5) is 51.9. The van der Waals surface area contributed by atoms with Crippen LogP contribution in [0.3, 0.4) is 0 Å². The van der Waals surface area contributed by atoms with Crippen molar-refractivity contribution in [1.29, 1.82) is 0 Å². The highest BCUT2D eigenvalue weighted by Crippen LogP contribution is 2.24. The maximum absolute atomic E-state index is 13.3. The number of fused-ring (bicyclic) bond motifs is 7. The molecule has 0 aromatic heterocycles. The summed E-state index contributed by atoms with van der Waals surface area (Å²) < 4.78 is 5.54. The molecule has 12 heteroatoms. The lowest BCUT2D eigenvalue weighted by atomic mass is 9.92. The van der Waals surface area contributed by atoms with E-state index in [4.69, 9.17) is 4.74 Å². The predicted molar refractivity (Wildman–Crippen MR) is 142 cm³/mol. The van der Waals surface area contributed by atoms with Gasteiger partial charge in [0, 0.05) is 11.5 Å². The zero-order valence-electron chi connectivity index (χ0n) is 20.5. The van der Waals surface area contributed by atoms with Gasteiger partial charge in [-0.15, -0.1) is 0 Å². The van der Waals surface area contributed by atoms with E-state index in [1.165, 1.54) is 10.8 Å². The van der Waals surface area contributed by atoms with Gasteiger partial charge in [-0.3, -0.25) is 19.2 Å². The fraction of sp³-hybridized carbons (Fsp3) is 0.739. The van der Waals surface area contributed by atoms with Crippen LogP contribution in [0.5, 0.6) is 0 Å². The van der Waals surface area contributed by atoms with Gasteiger partial charge in [-0.05, 0) is 36.8 Å². The minimum absolute atomic E-state index is 0.122. The Hall–Kier alpha value is -1.37. The zero-order valence-corrected chi connectivity index (χ0v) is 22.9. The number of thioether (sulfide) groups is 1. The third kappa shape index (κ3) is 10.3. The molecule has 2 rings (SSSR count). The summed E-state index contributed by atoms with van der Waals surface area (Å²) in [5.41, 5.74) is 0. The number of allylic oxidation sites excluding steroid dienone is 1. The Morgan fingerprint density at radius 3 is 2.63 bits per heavy atom. The van der Waals surface area contributed by atoms with Crippen LogP contribution in [0.25, 0.3) is 0 Å². The first kappa shape index (κ1) is 29.9. The van der Waals surface area contributed by atoms with Gasteiger partial charge < -0.3 is 25.8 Å². The molecule has 2 aliphatic heterocycles. The van der Waals surface area contributed by atoms with E-state index in [-0.39, 0.29) is 18.8 Å². The van der Waals surface area contributed by atoms with E-state index in [0.717, 1.165) is 5.75 Å². The van der Waals surface area contributed by atoms with Crippen molar-refractivity contribution in [2.45, 2.75) is 76.3 Å². The van der Waals surface area contributed by atoms with Crippen molar-refractivity contribution < 1.29 is 29.0 Å². The molecule has 35 heavy (non-hydrogen) atoms. The monoisotopic (exact) mass is 547 g/mol. The molecule has 1 saturated heterocycles. The summed E-state index contributed by atoms with van der Waals surface area (Å²) in [7, 11) is 3.05. The Bertz CT molecular complexity index is 769. The molecule has 3 amide bonds. The van der Waals surface area contributed by atoms with E-state index in [9.17, 15) is 24.3 Å². The maximum Gasteiger partial charge on any atom is 0.309 e. The van der Waals surface area contributed by atoms with Crippen LogP contribution < -0.4 is 16.0 Å². The largest absolute Gasteiger partial charge is 0.457 e. The summed E-state index contributed by atoms with van der Waals surface area (Å²) in [6.07, 6.45) is 4.75. The minimum atomic E-state index is -1.18. The Balaban J connectivity index is 2.46. The number of carbonyl (C=O) groups excluding carboxylic acids is 4. The van der Waals surface area contributed by atoms with E-state index < -0.39 is 54.0 Å². The third-order valence-electron chi connectivity index (χ3n) is 5.96. The number of esters is 1. The molecule has 2 bridgehead atoms. The summed E-state index contributed by atoms with van der Waals surface area (Å²) >= 11 is 1.55. The molecule has 1 fully saturated rings. The highest BCUT2D eigenvalue weighted by molar-refractivity contribution is 8.76. The zero-order chi connectivity index (χ0) is 25.8. The third-order valence-corrected chi connectivity index (χ3v) is 9.05. The second-order valence-corrected chi connectivity index (χ2v) is 12.3. The molecule has 2 heterocycles. The molecule has 6 atom stereocenters. The molecule has 0 aliphatic carbocycles. The summed E-state index contributed by atoms with van der Waals surface area (Å²) in [5, 5.41) is 19.3. The predicted octanol–water partition coefficient (Wildman–Crippen LogP) is 1.65. The van der Waals surface area contributed by atoms with Gasteiger partial charge in [-0.1, -0.05) is 47.9 Å². The van der Waals surface area contributed by atoms with Crippen molar-refractivity contribution in [2.75, 3.05) is 23.5 Å². The SMILES string of the molecule is CC[C@H](C)[C@H]1NC(=O)[C@H]2CSSCCC=C[C@H](CC(=O)N[C@H](CCSC)C(=O)N2)OC(=O)C[C@@H]1O. The fourth-order valence-electron chi connectivity index (χ4n) is 3.74. The lowest BCUT2D eigenvalue weighted by molar-refractivity contribution is -0.151. The minimum Gasteiger partial charge on any atom is -0.457 e. The quantitative estimate of drug-likeness (QED) is 0.230. The van der Waals surface area contributed by atoms with Crippen LogP contribution >= 0.6 is 33.3 Å². The van der Waals surface area contributed by atoms with Crippen LogP contribution in [0.4, 0.5) is 0 Å². The number of aliphatic hydroxyl groups excluding tert-OH is 1. The topological polar surface area (TPSA) is 134 Å². The number of carbonyl (C=O) groups is 4. The molecule has 0 aromatic rings. The molecule has 0 saturated carbocycles. The van der Waals surface area contributed by atoms with Crippen molar-refractivity contribution >= 4 is 57.0 Å². The average Bonchev–Trinajstić information content (AvgIpc) is 2.81. The van der Waals surface area contributed by atoms with Crippen LogP contribution in [0, 0.1) is 5.92 Å². The van der Waals surface area contributed by atoms with Gasteiger partial charge in [-0.25, -0.2) is 0 Å². The summed E-state index contributed by atoms with van der Waals surface area (Å²) in [5.74, 6) is -0.362. The molecular weight excluding hydrogens is 510 g/mol. The summed E-state index contributed by atoms with van der Waals surface area (Å²) in [6, 6.07) is -2.39. The van der Waals surface area contributed by atoms with Gasteiger partial charge in [0.1, 0.15) is 18.2 Å². The molecule has 2 aliphatic rings. The molecule has 198 valence electrons. The average molecular weight is 548 g/mol. The van der Waals surface area contributed by atoms with Gasteiger partial charge in [0.05, 0.1) is 25.0 Å². The Morgan fingerprint density at radius 2 is 1.91 bits per heavy atom. The standard InChI is InChI=1S/C23H37N3O6S3/c1-4-14(2)21-18(27)12-20(29)32-15-7-5-6-9-34-35-13-17(23(31)26-21)25-22(30)16(8-10-33-3)24-19(28)11-15/h5,7,14-18,21,27H,4,6,8-13H2,1-3H3,(H,24,28)(H,25,30)(H,26,31)/t14-,15+,16+,17+,18-,21+/m0/s1. The second kappa shape index (κ2) is 15.7. The highest BCUT2D eigenvalue weighted by Gasteiger charge is 2.34. The van der Waals surface area contributed by atoms with Crippen LogP contribution in [0.15, 0.2) is 12.2 Å². The van der Waals surface area contributed by atoms with E-state index in [1.54, 1.807) is 28.6 Å². The van der Waals surface area contributed by atoms with Gasteiger partial charge in [0.2, 0.25) is 17.7 Å². The number of ether oxygens (including phenoxy) is 1. The number of hydrogen-bond acceptors (Lipinski definition) is 9. The van der Waals surface area contributed by atoms with E-state index >= 15 is 0 Å². The number of rotatable bonds is 5. The van der Waals surface area contributed by atoms with Crippen molar-refractivity contribution in [1.82, 2.24) is 16.0 Å². The van der Waals surface area contributed by atoms with Gasteiger partial charge in [0.15, 0.2) is 0 Å². The lowest BCUT2D eigenvalue weighted by Gasteiger charge is -2.31. The molecular formula is C23H37N3O6S3. The Morgan fingerprint density at radius 1 is 1.14 bits per heavy atom. The number of amides is 3. The number of aliphatic hydroxyl groups is 1. The first-order chi connectivity index (χ1) is 16.7. The molecule has 0 spiro atoms. The molecule has 9 nitrogen and oxygen atoms in total. The molecule has 0 aromatic carbocycles. The number of hydrogen-bond donors (Lipinski definition) is 4. The van der Waals surface area contributed by atoms with E-state index in [1.807, 2.05) is 26.2 Å². The van der Waals surface area contributed by atoms with Crippen molar-refractivity contribution in [3.8, 4) is 0 Å². The second-order valence-electron chi connectivity index (χ2n) is 8.71. The van der Waals surface area contributed by atoms with E-state index in [0.29, 0.717) is 30.8 Å². The molecule has 0 radical (unpaired) electrons. The number of nitrogens with one attached hydrogen (secondary N) is 3. The van der Waals surface area contributed by atoms with Crippen molar-refractivity contribution in [3.63, 3.8) is 0 Å². The van der Waals surface area contributed by atoms with Gasteiger partial charge >= 0.3 is 5.97 Å². The fourth-order valence-corrected chi connectivity index (χ4v) is 6.36. The first-order valence-corrected chi connectivity index (χ1v) is 15.8.